The number of halogens is 1. The van der Waals surface area contributed by atoms with Crippen molar-refractivity contribution in [3.8, 4) is 0 Å². The first-order valence-corrected chi connectivity index (χ1v) is 9.20. The van der Waals surface area contributed by atoms with Gasteiger partial charge in [0.2, 0.25) is 0 Å². The van der Waals surface area contributed by atoms with Crippen molar-refractivity contribution in [1.82, 2.24) is 4.90 Å². The number of hydrogen-bond acceptors (Lipinski definition) is 4. The fourth-order valence-electron chi connectivity index (χ4n) is 3.67. The van der Waals surface area contributed by atoms with Crippen molar-refractivity contribution < 1.29 is 19.1 Å². The van der Waals surface area contributed by atoms with Gasteiger partial charge in [-0.1, -0.05) is 22.6 Å². The average Bonchev–Trinajstić information content (AvgIpc) is 2.52. The molecule has 0 N–H and O–H groups in total. The molecule has 6 heteroatoms. The van der Waals surface area contributed by atoms with Gasteiger partial charge < -0.3 is 9.47 Å². The molecule has 1 aliphatic carbocycles. The van der Waals surface area contributed by atoms with Gasteiger partial charge in [-0.15, -0.1) is 0 Å². The van der Waals surface area contributed by atoms with Crippen molar-refractivity contribution in [2.75, 3.05) is 24.7 Å². The van der Waals surface area contributed by atoms with Crippen molar-refractivity contribution in [2.24, 2.45) is 17.8 Å². The maximum absolute atomic E-state index is 12.2. The Kier molecular flexibility index (Phi) is 6.13. The lowest BCUT2D eigenvalue weighted by Crippen LogP contribution is -2.55. The second kappa shape index (κ2) is 7.65. The van der Waals surface area contributed by atoms with E-state index in [1.807, 2.05) is 0 Å². The molecule has 21 heavy (non-hydrogen) atoms. The molecule has 2 aliphatic rings. The van der Waals surface area contributed by atoms with Crippen molar-refractivity contribution in [3.05, 3.63) is 0 Å². The van der Waals surface area contributed by atoms with Gasteiger partial charge in [-0.05, 0) is 50.4 Å². The van der Waals surface area contributed by atoms with Crippen molar-refractivity contribution >= 4 is 34.7 Å². The van der Waals surface area contributed by atoms with Crippen LogP contribution in [0.4, 0.5) is 4.79 Å². The Morgan fingerprint density at radius 2 is 2.00 bits per heavy atom. The first kappa shape index (κ1) is 16.8. The minimum Gasteiger partial charge on any atom is -0.464 e. The number of nitrogens with zero attached hydrogens (tertiary/aromatic N) is 1. The molecule has 1 heterocycles. The Labute approximate surface area is 139 Å². The molecule has 2 fully saturated rings. The topological polar surface area (TPSA) is 55.8 Å². The zero-order chi connectivity index (χ0) is 15.4. The molecule has 0 aromatic heterocycles. The van der Waals surface area contributed by atoms with Crippen LogP contribution in [0.5, 0.6) is 0 Å². The molecule has 5 nitrogen and oxygen atoms in total. The lowest BCUT2D eigenvalue weighted by molar-refractivity contribution is -0.152. The minimum atomic E-state index is -0.480. The minimum absolute atomic E-state index is 0.294. The zero-order valence-corrected chi connectivity index (χ0v) is 14.9. The molecule has 1 aliphatic heterocycles. The molecule has 1 amide bonds. The normalized spacial score (nSPS) is 32.2. The lowest BCUT2D eigenvalue weighted by atomic mass is 9.69. The molecule has 0 bridgehead atoms. The molecule has 0 aromatic carbocycles. The lowest BCUT2D eigenvalue weighted by Gasteiger charge is -2.45. The third-order valence-electron chi connectivity index (χ3n) is 4.77. The number of rotatable bonds is 3. The number of amides is 1. The van der Waals surface area contributed by atoms with E-state index in [1.54, 1.807) is 11.8 Å². The van der Waals surface area contributed by atoms with E-state index in [1.165, 1.54) is 24.4 Å². The van der Waals surface area contributed by atoms with E-state index in [4.69, 9.17) is 9.47 Å². The summed E-state index contributed by atoms with van der Waals surface area (Å²) in [5.41, 5.74) is 0. The molecule has 1 saturated heterocycles. The molecule has 4 atom stereocenters. The van der Waals surface area contributed by atoms with Crippen molar-refractivity contribution in [3.63, 3.8) is 0 Å². The highest BCUT2D eigenvalue weighted by Crippen LogP contribution is 2.41. The number of methoxy groups -OCH3 is 1. The zero-order valence-electron chi connectivity index (χ0n) is 12.7. The average molecular weight is 409 g/mol. The van der Waals surface area contributed by atoms with Crippen LogP contribution in [0, 0.1) is 17.8 Å². The predicted octanol–water partition coefficient (Wildman–Crippen LogP) is 2.86. The number of piperidine rings is 1. The molecule has 0 unspecified atom stereocenters. The van der Waals surface area contributed by atoms with Crippen LogP contribution >= 0.6 is 22.6 Å². The Bertz CT molecular complexity index is 390. The summed E-state index contributed by atoms with van der Waals surface area (Å²) in [5.74, 6) is 1.47. The molecule has 0 radical (unpaired) electrons. The Morgan fingerprint density at radius 3 is 2.62 bits per heavy atom. The highest BCUT2D eigenvalue weighted by atomic mass is 127. The second-order valence-electron chi connectivity index (χ2n) is 5.98. The van der Waals surface area contributed by atoms with E-state index < -0.39 is 12.1 Å². The summed E-state index contributed by atoms with van der Waals surface area (Å²) in [7, 11) is 1.36. The highest BCUT2D eigenvalue weighted by molar-refractivity contribution is 14.1. The number of ether oxygens (including phenoxy) is 2. The number of alkyl halides is 1. The van der Waals surface area contributed by atoms with Gasteiger partial charge in [0.25, 0.3) is 0 Å². The van der Waals surface area contributed by atoms with Gasteiger partial charge in [-0.2, -0.15) is 0 Å². The standard InChI is InChI=1S/C15H24INO4/c1-3-21-14(18)13-7-12-6-10(8-16)4-5-11(12)9-17(13)15(19)20-2/h10-13H,3-9H2,1-2H3/t10-,11+,12-,13+/m1/s1. The van der Waals surface area contributed by atoms with Crippen LogP contribution in [0.1, 0.15) is 32.6 Å². The third-order valence-corrected chi connectivity index (χ3v) is 6.01. The van der Waals surface area contributed by atoms with Crippen molar-refractivity contribution in [1.29, 1.82) is 0 Å². The van der Waals surface area contributed by atoms with E-state index in [9.17, 15) is 9.59 Å². The van der Waals surface area contributed by atoms with Gasteiger partial charge in [0, 0.05) is 11.0 Å². The van der Waals surface area contributed by atoms with Gasteiger partial charge in [-0.3, -0.25) is 4.90 Å². The number of fused-ring (bicyclic) bond motifs is 1. The number of carbonyl (C=O) groups excluding carboxylic acids is 2. The third kappa shape index (κ3) is 3.81. The largest absolute Gasteiger partial charge is 0.464 e. The van der Waals surface area contributed by atoms with Crippen LogP contribution in [0.15, 0.2) is 0 Å². The Hall–Kier alpha value is -0.530. The summed E-state index contributed by atoms with van der Waals surface area (Å²) < 4.78 is 11.2. The van der Waals surface area contributed by atoms with Gasteiger partial charge in [0.1, 0.15) is 6.04 Å². The molecular weight excluding hydrogens is 385 g/mol. The van der Waals surface area contributed by atoms with E-state index >= 15 is 0 Å². The first-order chi connectivity index (χ1) is 10.1. The fraction of sp³-hybridized carbons (Fsp3) is 0.867. The molecule has 2 rings (SSSR count). The smallest absolute Gasteiger partial charge is 0.410 e. The van der Waals surface area contributed by atoms with Crippen LogP contribution in [0.3, 0.4) is 0 Å². The second-order valence-corrected chi connectivity index (χ2v) is 6.86. The maximum Gasteiger partial charge on any atom is 0.410 e. The number of likely N-dealkylation sites (tertiary alicyclic amines) is 1. The van der Waals surface area contributed by atoms with Crippen molar-refractivity contribution in [2.45, 2.75) is 38.6 Å². The Morgan fingerprint density at radius 1 is 1.24 bits per heavy atom. The van der Waals surface area contributed by atoms with E-state index in [2.05, 4.69) is 22.6 Å². The SMILES string of the molecule is CCOC(=O)[C@@H]1C[C@H]2C[C@H](CI)CC[C@H]2CN1C(=O)OC. The van der Waals surface area contributed by atoms with Gasteiger partial charge in [0.05, 0.1) is 13.7 Å². The maximum atomic E-state index is 12.2. The van der Waals surface area contributed by atoms with Crippen LogP contribution in [-0.4, -0.2) is 47.7 Å². The summed E-state index contributed by atoms with van der Waals surface area (Å²) in [6.45, 7) is 2.75. The summed E-state index contributed by atoms with van der Waals surface area (Å²) in [5, 5.41) is 0. The quantitative estimate of drug-likeness (QED) is 0.409. The van der Waals surface area contributed by atoms with Gasteiger partial charge in [-0.25, -0.2) is 9.59 Å². The summed E-state index contributed by atoms with van der Waals surface area (Å²) in [6, 6.07) is -0.480. The molecule has 120 valence electrons. The van der Waals surface area contributed by atoms with E-state index in [0.29, 0.717) is 31.4 Å². The summed E-state index contributed by atoms with van der Waals surface area (Å²) in [6.07, 6.45) is 3.83. The van der Waals surface area contributed by atoms with Crippen LogP contribution < -0.4 is 0 Å². The molecule has 1 saturated carbocycles. The molecule has 0 spiro atoms. The Balaban J connectivity index is 2.11. The van der Waals surface area contributed by atoms with Crippen LogP contribution in [-0.2, 0) is 14.3 Å². The molecule has 0 aromatic rings. The van der Waals surface area contributed by atoms with E-state index in [0.717, 1.165) is 12.3 Å². The number of carbonyl (C=O) groups is 2. The van der Waals surface area contributed by atoms with Gasteiger partial charge >= 0.3 is 12.1 Å². The predicted molar refractivity (Wildman–Crippen MR) is 87.4 cm³/mol. The summed E-state index contributed by atoms with van der Waals surface area (Å²) >= 11 is 2.45. The van der Waals surface area contributed by atoms with E-state index in [-0.39, 0.29) is 5.97 Å². The monoisotopic (exact) mass is 409 g/mol. The number of esters is 1. The summed E-state index contributed by atoms with van der Waals surface area (Å²) in [4.78, 5) is 25.7. The van der Waals surface area contributed by atoms with Crippen LogP contribution in [0.25, 0.3) is 0 Å². The fourth-order valence-corrected chi connectivity index (χ4v) is 4.47. The van der Waals surface area contributed by atoms with Gasteiger partial charge in [0.15, 0.2) is 0 Å². The number of hydrogen-bond donors (Lipinski definition) is 0. The molecular formula is C15H24INO4. The van der Waals surface area contributed by atoms with Crippen LogP contribution in [0.2, 0.25) is 0 Å². The first-order valence-electron chi connectivity index (χ1n) is 7.67. The highest BCUT2D eigenvalue weighted by Gasteiger charge is 2.44.